The van der Waals surface area contributed by atoms with Gasteiger partial charge in [0.05, 0.1) is 12.0 Å². The van der Waals surface area contributed by atoms with Crippen molar-refractivity contribution in [3.8, 4) is 0 Å². The van der Waals surface area contributed by atoms with E-state index >= 15 is 0 Å². The quantitative estimate of drug-likeness (QED) is 0.796. The normalized spacial score (nSPS) is 21.9. The van der Waals surface area contributed by atoms with E-state index in [1.54, 1.807) is 0 Å². The molecular formula is C15H26N4. The van der Waals surface area contributed by atoms with Crippen LogP contribution in [0.4, 0.5) is 0 Å². The number of hydrogen-bond acceptors (Lipinski definition) is 3. The van der Waals surface area contributed by atoms with E-state index in [4.69, 9.17) is 0 Å². The van der Waals surface area contributed by atoms with E-state index in [1.165, 1.54) is 51.0 Å². The summed E-state index contributed by atoms with van der Waals surface area (Å²) in [6, 6.07) is 0.739. The molecule has 2 heterocycles. The van der Waals surface area contributed by atoms with Crippen molar-refractivity contribution < 1.29 is 0 Å². The second-order valence-corrected chi connectivity index (χ2v) is 6.22. The number of hydrogen-bond donors (Lipinski definition) is 1. The summed E-state index contributed by atoms with van der Waals surface area (Å²) in [6.45, 7) is 8.16. The maximum atomic E-state index is 4.27. The molecule has 1 aromatic heterocycles. The van der Waals surface area contributed by atoms with Crippen molar-refractivity contribution in [2.75, 3.05) is 26.2 Å². The second kappa shape index (κ2) is 6.06. The lowest BCUT2D eigenvalue weighted by Crippen LogP contribution is -2.37. The summed E-state index contributed by atoms with van der Waals surface area (Å²) in [6.07, 6.45) is 9.39. The molecule has 1 saturated carbocycles. The van der Waals surface area contributed by atoms with Crippen molar-refractivity contribution >= 4 is 0 Å². The smallest absolute Gasteiger partial charge is 0.0951 e. The molecule has 4 nitrogen and oxygen atoms in total. The minimum absolute atomic E-state index is 0.739. The summed E-state index contributed by atoms with van der Waals surface area (Å²) in [5.74, 6) is 0.928. The first-order valence-corrected chi connectivity index (χ1v) is 7.76. The Hall–Kier alpha value is -0.870. The highest BCUT2D eigenvalue weighted by Crippen LogP contribution is 2.35. The van der Waals surface area contributed by atoms with Gasteiger partial charge in [-0.1, -0.05) is 6.92 Å². The minimum atomic E-state index is 0.739. The molecular weight excluding hydrogens is 236 g/mol. The summed E-state index contributed by atoms with van der Waals surface area (Å²) < 4.78 is 2.34. The van der Waals surface area contributed by atoms with Crippen LogP contribution in [-0.2, 0) is 6.54 Å². The van der Waals surface area contributed by atoms with Crippen LogP contribution in [0.1, 0.15) is 44.3 Å². The lowest BCUT2D eigenvalue weighted by atomic mass is 9.99. The monoisotopic (exact) mass is 262 g/mol. The first-order chi connectivity index (χ1) is 9.33. The summed E-state index contributed by atoms with van der Waals surface area (Å²) in [5, 5.41) is 3.57. The van der Waals surface area contributed by atoms with Gasteiger partial charge in [0.2, 0.25) is 0 Å². The van der Waals surface area contributed by atoms with Crippen molar-refractivity contribution in [1.82, 2.24) is 19.8 Å². The largest absolute Gasteiger partial charge is 0.330 e. The summed E-state index contributed by atoms with van der Waals surface area (Å²) in [5.41, 5.74) is 1.34. The van der Waals surface area contributed by atoms with E-state index in [1.807, 2.05) is 12.5 Å². The maximum Gasteiger partial charge on any atom is 0.0951 e. The van der Waals surface area contributed by atoms with E-state index in [2.05, 4.69) is 26.7 Å². The van der Waals surface area contributed by atoms with Crippen LogP contribution >= 0.6 is 0 Å². The number of imidazole rings is 1. The van der Waals surface area contributed by atoms with Gasteiger partial charge >= 0.3 is 0 Å². The molecule has 0 atom stereocenters. The number of rotatable bonds is 6. The highest BCUT2D eigenvalue weighted by Gasteiger charge is 2.24. The molecule has 0 radical (unpaired) electrons. The fourth-order valence-electron chi connectivity index (χ4n) is 2.89. The van der Waals surface area contributed by atoms with Gasteiger partial charge < -0.3 is 14.8 Å². The van der Waals surface area contributed by atoms with Crippen LogP contribution in [0.15, 0.2) is 12.5 Å². The summed E-state index contributed by atoms with van der Waals surface area (Å²) >= 11 is 0. The molecule has 2 fully saturated rings. The van der Waals surface area contributed by atoms with E-state index in [-0.39, 0.29) is 0 Å². The Labute approximate surface area is 116 Å². The molecule has 2 aliphatic rings. The molecule has 0 unspecified atom stereocenters. The van der Waals surface area contributed by atoms with E-state index < -0.39 is 0 Å². The Morgan fingerprint density at radius 2 is 2.05 bits per heavy atom. The molecule has 1 N–H and O–H groups in total. The van der Waals surface area contributed by atoms with Crippen LogP contribution in [-0.4, -0.2) is 40.6 Å². The van der Waals surface area contributed by atoms with Crippen LogP contribution in [0.3, 0.4) is 0 Å². The molecule has 3 rings (SSSR count). The Morgan fingerprint density at radius 1 is 1.26 bits per heavy atom. The van der Waals surface area contributed by atoms with Crippen molar-refractivity contribution in [2.45, 2.75) is 45.2 Å². The second-order valence-electron chi connectivity index (χ2n) is 6.22. The van der Waals surface area contributed by atoms with Crippen LogP contribution in [0.25, 0.3) is 0 Å². The predicted octanol–water partition coefficient (Wildman–Crippen LogP) is 2.04. The van der Waals surface area contributed by atoms with Gasteiger partial charge in [0, 0.05) is 31.9 Å². The third-order valence-electron chi connectivity index (χ3n) is 4.47. The fraction of sp³-hybridized carbons (Fsp3) is 0.800. The first kappa shape index (κ1) is 13.1. The lowest BCUT2D eigenvalue weighted by Gasteiger charge is -2.30. The molecule has 0 aromatic carbocycles. The molecule has 1 aliphatic carbocycles. The first-order valence-electron chi connectivity index (χ1n) is 7.76. The van der Waals surface area contributed by atoms with Gasteiger partial charge in [-0.15, -0.1) is 0 Å². The predicted molar refractivity (Wildman–Crippen MR) is 77.0 cm³/mol. The third-order valence-corrected chi connectivity index (χ3v) is 4.47. The molecule has 1 aromatic rings. The van der Waals surface area contributed by atoms with Crippen molar-refractivity contribution in [3.63, 3.8) is 0 Å². The highest BCUT2D eigenvalue weighted by atomic mass is 15.2. The van der Waals surface area contributed by atoms with Crippen molar-refractivity contribution in [1.29, 1.82) is 0 Å². The van der Waals surface area contributed by atoms with Crippen LogP contribution < -0.4 is 5.32 Å². The summed E-state index contributed by atoms with van der Waals surface area (Å²) in [7, 11) is 0. The van der Waals surface area contributed by atoms with Gasteiger partial charge in [-0.05, 0) is 44.7 Å². The molecule has 0 amide bonds. The molecule has 4 heteroatoms. The number of likely N-dealkylation sites (tertiary alicyclic amines) is 1. The number of nitrogens with zero attached hydrogens (tertiary/aromatic N) is 3. The average Bonchev–Trinajstić information content (AvgIpc) is 3.16. The average molecular weight is 262 g/mol. The van der Waals surface area contributed by atoms with Gasteiger partial charge in [-0.2, -0.15) is 0 Å². The van der Waals surface area contributed by atoms with E-state index in [0.29, 0.717) is 0 Å². The van der Waals surface area contributed by atoms with Gasteiger partial charge in [-0.25, -0.2) is 4.98 Å². The number of piperidine rings is 1. The molecule has 19 heavy (non-hydrogen) atoms. The van der Waals surface area contributed by atoms with Crippen LogP contribution in [0.5, 0.6) is 0 Å². The van der Waals surface area contributed by atoms with Crippen molar-refractivity contribution in [2.24, 2.45) is 5.92 Å². The number of nitrogens with one attached hydrogen (secondary N) is 1. The fourth-order valence-corrected chi connectivity index (χ4v) is 2.89. The van der Waals surface area contributed by atoms with Gasteiger partial charge in [0.15, 0.2) is 0 Å². The van der Waals surface area contributed by atoms with E-state index in [0.717, 1.165) is 25.0 Å². The van der Waals surface area contributed by atoms with Crippen molar-refractivity contribution in [3.05, 3.63) is 18.2 Å². The Bertz CT molecular complexity index is 389. The zero-order valence-corrected chi connectivity index (χ0v) is 12.0. The van der Waals surface area contributed by atoms with Gasteiger partial charge in [0.1, 0.15) is 0 Å². The third kappa shape index (κ3) is 3.57. The Balaban J connectivity index is 1.35. The molecule has 1 saturated heterocycles. The Morgan fingerprint density at radius 3 is 2.79 bits per heavy atom. The zero-order chi connectivity index (χ0) is 13.1. The van der Waals surface area contributed by atoms with Crippen LogP contribution in [0, 0.1) is 5.92 Å². The standard InChI is InChI=1S/C15H26N4/c1-13-4-7-18(8-5-13)9-6-16-10-15-11-17-12-19(15)14-2-3-14/h11-14,16H,2-10H2,1H3. The minimum Gasteiger partial charge on any atom is -0.330 e. The van der Waals surface area contributed by atoms with E-state index in [9.17, 15) is 0 Å². The van der Waals surface area contributed by atoms with Gasteiger partial charge in [0.25, 0.3) is 0 Å². The number of aromatic nitrogens is 2. The molecule has 0 spiro atoms. The molecule has 0 bridgehead atoms. The zero-order valence-electron chi connectivity index (χ0n) is 12.0. The SMILES string of the molecule is CC1CCN(CCNCc2cncn2C2CC2)CC1. The highest BCUT2D eigenvalue weighted by molar-refractivity contribution is 5.03. The summed E-state index contributed by atoms with van der Waals surface area (Å²) in [4.78, 5) is 6.86. The van der Waals surface area contributed by atoms with Crippen LogP contribution in [0.2, 0.25) is 0 Å². The molecule has 1 aliphatic heterocycles. The molecule has 106 valence electrons. The Kier molecular flexibility index (Phi) is 4.18. The topological polar surface area (TPSA) is 33.1 Å². The van der Waals surface area contributed by atoms with Gasteiger partial charge in [-0.3, -0.25) is 0 Å². The lowest BCUT2D eigenvalue weighted by molar-refractivity contribution is 0.193. The maximum absolute atomic E-state index is 4.27.